The zero-order chi connectivity index (χ0) is 20.5. The number of hydrogen-bond donors (Lipinski definition) is 0. The zero-order valence-corrected chi connectivity index (χ0v) is 17.5. The molecule has 1 atom stereocenters. The summed E-state index contributed by atoms with van der Waals surface area (Å²) in [6.45, 7) is 3.78. The maximum atomic E-state index is 11.4. The molecule has 0 radical (unpaired) electrons. The van der Waals surface area contributed by atoms with E-state index in [1.807, 2.05) is 13.8 Å². The van der Waals surface area contributed by atoms with Crippen molar-refractivity contribution in [2.45, 2.75) is 44.8 Å². The van der Waals surface area contributed by atoms with Crippen molar-refractivity contribution >= 4 is 32.2 Å². The number of hydrogen-bond acceptors (Lipinski definition) is 6. The molecule has 0 N–H and O–H groups in total. The largest absolute Gasteiger partial charge is 0.474 e. The lowest BCUT2D eigenvalue weighted by Crippen LogP contribution is -2.37. The summed E-state index contributed by atoms with van der Waals surface area (Å²) in [5, 5.41) is 5.74. The Morgan fingerprint density at radius 3 is 2.68 bits per heavy atom. The molecule has 1 aliphatic rings. The number of halogens is 1. The van der Waals surface area contributed by atoms with E-state index in [1.54, 1.807) is 18.5 Å². The number of pyridine rings is 2. The Labute approximate surface area is 168 Å². The number of fused-ring (bicyclic) bond motifs is 1. The molecule has 0 aromatic carbocycles. The third-order valence-electron chi connectivity index (χ3n) is 5.25. The van der Waals surface area contributed by atoms with Crippen molar-refractivity contribution in [3.8, 4) is 5.88 Å². The topological polar surface area (TPSA) is 118 Å². The average Bonchev–Trinajstić information content (AvgIpc) is 2.58. The first-order valence-electron chi connectivity index (χ1n) is 9.00. The van der Waals surface area contributed by atoms with Gasteiger partial charge < -0.3 is 4.74 Å². The van der Waals surface area contributed by atoms with Crippen LogP contribution in [0.4, 0.5) is 0 Å². The molecule has 1 aliphatic carbocycles. The molecule has 2 aromatic heterocycles. The molecule has 0 spiro atoms. The van der Waals surface area contributed by atoms with Crippen LogP contribution in [0.3, 0.4) is 0 Å². The van der Waals surface area contributed by atoms with E-state index >= 15 is 0 Å². The van der Waals surface area contributed by atoms with Gasteiger partial charge in [0, 0.05) is 23.6 Å². The Morgan fingerprint density at radius 1 is 1.36 bits per heavy atom. The van der Waals surface area contributed by atoms with Crippen LogP contribution in [0.15, 0.2) is 23.6 Å². The molecule has 1 saturated carbocycles. The van der Waals surface area contributed by atoms with Crippen molar-refractivity contribution < 1.29 is 13.2 Å². The summed E-state index contributed by atoms with van der Waals surface area (Å²) >= 11 is 6.11. The highest BCUT2D eigenvalue weighted by Gasteiger charge is 2.34. The highest BCUT2D eigenvalue weighted by Crippen LogP contribution is 2.39. The van der Waals surface area contributed by atoms with Gasteiger partial charge in [-0.25, -0.2) is 18.4 Å². The highest BCUT2D eigenvalue weighted by molar-refractivity contribution is 7.90. The Kier molecular flexibility index (Phi) is 5.70. The molecule has 150 valence electrons. The van der Waals surface area contributed by atoms with Crippen LogP contribution in [0.25, 0.3) is 21.2 Å². The molecular formula is C18H22ClN5O3S. The fourth-order valence-corrected chi connectivity index (χ4v) is 4.80. The van der Waals surface area contributed by atoms with Gasteiger partial charge in [0.05, 0.1) is 16.7 Å². The molecule has 0 bridgehead atoms. The van der Waals surface area contributed by atoms with E-state index in [-0.39, 0.29) is 17.8 Å². The zero-order valence-electron chi connectivity index (χ0n) is 16.0. The van der Waals surface area contributed by atoms with Crippen LogP contribution < -0.4 is 4.74 Å². The van der Waals surface area contributed by atoms with Crippen LogP contribution in [0.5, 0.6) is 5.88 Å². The minimum atomic E-state index is -2.99. The Morgan fingerprint density at radius 2 is 2.07 bits per heavy atom. The van der Waals surface area contributed by atoms with Gasteiger partial charge in [-0.1, -0.05) is 23.6 Å². The Bertz CT molecular complexity index is 1050. The van der Waals surface area contributed by atoms with Crippen molar-refractivity contribution in [2.75, 3.05) is 12.0 Å². The smallest absolute Gasteiger partial charge is 0.223 e. The fourth-order valence-electron chi connectivity index (χ4n) is 3.52. The van der Waals surface area contributed by atoms with Gasteiger partial charge in [0.2, 0.25) is 5.88 Å². The van der Waals surface area contributed by atoms with Crippen molar-refractivity contribution in [2.24, 2.45) is 11.0 Å². The number of rotatable bonds is 7. The number of sulfone groups is 1. The quantitative estimate of drug-likeness (QED) is 0.282. The summed E-state index contributed by atoms with van der Waals surface area (Å²) in [7, 11) is -2.99. The molecule has 8 nitrogen and oxygen atoms in total. The van der Waals surface area contributed by atoms with E-state index in [4.69, 9.17) is 21.9 Å². The van der Waals surface area contributed by atoms with Gasteiger partial charge in [-0.3, -0.25) is 0 Å². The van der Waals surface area contributed by atoms with Gasteiger partial charge in [0.15, 0.2) is 0 Å². The summed E-state index contributed by atoms with van der Waals surface area (Å²) in [6.07, 6.45) is 6.34. The lowest BCUT2D eigenvalue weighted by atomic mass is 9.84. The van der Waals surface area contributed by atoms with E-state index in [0.717, 1.165) is 10.9 Å². The number of azide groups is 1. The third kappa shape index (κ3) is 4.32. The van der Waals surface area contributed by atoms with Crippen LogP contribution >= 0.6 is 11.6 Å². The second-order valence-corrected chi connectivity index (χ2v) is 10.1. The second-order valence-electron chi connectivity index (χ2n) is 7.52. The van der Waals surface area contributed by atoms with Crippen LogP contribution in [0, 0.1) is 5.92 Å². The molecule has 3 rings (SSSR count). The van der Waals surface area contributed by atoms with Crippen molar-refractivity contribution in [1.29, 1.82) is 0 Å². The number of ether oxygens (including phenoxy) is 1. The summed E-state index contributed by atoms with van der Waals surface area (Å²) in [4.78, 5) is 11.6. The van der Waals surface area contributed by atoms with Crippen molar-refractivity contribution in [1.82, 2.24) is 9.97 Å². The second kappa shape index (κ2) is 7.73. The molecule has 1 unspecified atom stereocenters. The maximum Gasteiger partial charge on any atom is 0.223 e. The van der Waals surface area contributed by atoms with Gasteiger partial charge in [0.1, 0.15) is 21.1 Å². The lowest BCUT2D eigenvalue weighted by molar-refractivity contribution is 0.0725. The fraction of sp³-hybridized carbons (Fsp3) is 0.556. The predicted molar refractivity (Wildman–Crippen MR) is 108 cm³/mol. The van der Waals surface area contributed by atoms with Gasteiger partial charge in [-0.05, 0) is 54.7 Å². The van der Waals surface area contributed by atoms with Crippen molar-refractivity contribution in [3.05, 3.63) is 39.6 Å². The van der Waals surface area contributed by atoms with E-state index in [2.05, 4.69) is 20.0 Å². The maximum absolute atomic E-state index is 11.4. The molecule has 2 heterocycles. The predicted octanol–water partition coefficient (Wildman–Crippen LogP) is 4.42. The normalized spacial score (nSPS) is 21.4. The van der Waals surface area contributed by atoms with Crippen LogP contribution in [0.1, 0.15) is 38.7 Å². The summed E-state index contributed by atoms with van der Waals surface area (Å²) in [6, 6.07) is 1.72. The number of nitrogens with zero attached hydrogens (tertiary/aromatic N) is 5. The first-order valence-corrected chi connectivity index (χ1v) is 11.4. The van der Waals surface area contributed by atoms with E-state index < -0.39 is 15.4 Å². The third-order valence-corrected chi connectivity index (χ3v) is 6.53. The first kappa shape index (κ1) is 20.6. The molecular weight excluding hydrogens is 402 g/mol. The number of aromatic nitrogens is 2. The minimum absolute atomic E-state index is 0.0846. The standard InChI is InChI=1S/C18H22ClN5O3S/c1-4-18(2,23-24-20)15-9-22-17(14-8-21-16(19)7-13(14)15)27-12-5-11(6-12)10-28(3,25)26/h7-9,11-12H,4-6,10H2,1-3H3/t11-,12+,18?. The average molecular weight is 424 g/mol. The summed E-state index contributed by atoms with van der Waals surface area (Å²) in [5.41, 5.74) is 8.95. The van der Waals surface area contributed by atoms with Gasteiger partial charge in [-0.2, -0.15) is 0 Å². The molecule has 2 aromatic rings. The SMILES string of the molecule is CCC(C)(N=[N+]=[N-])c1cnc(O[C@H]2C[C@@H](CS(C)(=O)=O)C2)c2cnc(Cl)cc12. The molecule has 0 saturated heterocycles. The van der Waals surface area contributed by atoms with E-state index in [0.29, 0.717) is 35.7 Å². The monoisotopic (exact) mass is 423 g/mol. The van der Waals surface area contributed by atoms with Crippen molar-refractivity contribution in [3.63, 3.8) is 0 Å². The molecule has 1 fully saturated rings. The Hall–Kier alpha value is -2.09. The summed E-state index contributed by atoms with van der Waals surface area (Å²) in [5.74, 6) is 0.717. The highest BCUT2D eigenvalue weighted by atomic mass is 35.5. The Balaban J connectivity index is 1.92. The van der Waals surface area contributed by atoms with Crippen LogP contribution in [-0.4, -0.2) is 36.5 Å². The van der Waals surface area contributed by atoms with Crippen LogP contribution in [0.2, 0.25) is 5.15 Å². The molecule has 0 amide bonds. The van der Waals surface area contributed by atoms with E-state index in [1.165, 1.54) is 6.26 Å². The minimum Gasteiger partial charge on any atom is -0.474 e. The summed E-state index contributed by atoms with van der Waals surface area (Å²) < 4.78 is 28.8. The van der Waals surface area contributed by atoms with Crippen LogP contribution in [-0.2, 0) is 15.4 Å². The molecule has 10 heteroatoms. The molecule has 0 aliphatic heterocycles. The van der Waals surface area contributed by atoms with Gasteiger partial charge in [-0.15, -0.1) is 0 Å². The van der Waals surface area contributed by atoms with E-state index in [9.17, 15) is 8.42 Å². The lowest BCUT2D eigenvalue weighted by Gasteiger charge is -2.35. The molecule has 28 heavy (non-hydrogen) atoms. The van der Waals surface area contributed by atoms with Gasteiger partial charge in [0.25, 0.3) is 0 Å². The first-order chi connectivity index (χ1) is 13.1. The van der Waals surface area contributed by atoms with Gasteiger partial charge >= 0.3 is 0 Å².